The lowest BCUT2D eigenvalue weighted by molar-refractivity contribution is -0.122. The van der Waals surface area contributed by atoms with Gasteiger partial charge in [-0.3, -0.25) is 9.59 Å². The fourth-order valence-corrected chi connectivity index (χ4v) is 4.87. The number of hydrogen-bond donors (Lipinski definition) is 2. The molecule has 4 aromatic rings. The molecular weight excluding hydrogens is 450 g/mol. The van der Waals surface area contributed by atoms with Crippen molar-refractivity contribution in [3.05, 3.63) is 83.6 Å². The molecule has 0 saturated carbocycles. The van der Waals surface area contributed by atoms with E-state index in [0.29, 0.717) is 17.8 Å². The quantitative estimate of drug-likeness (QED) is 0.425. The molecule has 3 heterocycles. The number of primary amides is 1. The fraction of sp³-hybridized carbons (Fsp3) is 0.241. The van der Waals surface area contributed by atoms with Crippen molar-refractivity contribution in [2.24, 2.45) is 11.7 Å². The van der Waals surface area contributed by atoms with E-state index in [4.69, 9.17) is 10.7 Å². The standard InChI is InChI=1S/C29H29N5O2/c1-18-9-11-22(19(2)14-18)26-15-24(23-7-3-4-8-25(23)33-26)29(36)32-21-10-12-27(31-16-21)34-13-5-6-20(17-34)28(30)35/h3-4,7-12,14-16,20H,5-6,13,17H2,1-2H3,(H2,30,35)(H,32,36). The summed E-state index contributed by atoms with van der Waals surface area (Å²) in [5.74, 6) is 0.117. The van der Waals surface area contributed by atoms with Crippen molar-refractivity contribution < 1.29 is 9.59 Å². The van der Waals surface area contributed by atoms with Crippen molar-refractivity contribution >= 4 is 34.2 Å². The molecule has 0 radical (unpaired) electrons. The van der Waals surface area contributed by atoms with Gasteiger partial charge in [-0.05, 0) is 56.5 Å². The molecule has 1 atom stereocenters. The lowest BCUT2D eigenvalue weighted by Gasteiger charge is -2.32. The third-order valence-corrected chi connectivity index (χ3v) is 6.77. The molecule has 0 spiro atoms. The van der Waals surface area contributed by atoms with Crippen molar-refractivity contribution in [3.63, 3.8) is 0 Å². The number of piperidine rings is 1. The summed E-state index contributed by atoms with van der Waals surface area (Å²) in [4.78, 5) is 36.5. The number of anilines is 2. The van der Waals surface area contributed by atoms with Crippen LogP contribution < -0.4 is 16.0 Å². The van der Waals surface area contributed by atoms with Crippen LogP contribution in [0.2, 0.25) is 0 Å². The number of aromatic nitrogens is 2. The summed E-state index contributed by atoms with van der Waals surface area (Å²) in [5.41, 5.74) is 11.5. The first kappa shape index (κ1) is 23.5. The molecule has 1 saturated heterocycles. The molecule has 7 nitrogen and oxygen atoms in total. The predicted molar refractivity (Wildman–Crippen MR) is 143 cm³/mol. The van der Waals surface area contributed by atoms with E-state index in [1.165, 1.54) is 5.56 Å². The topological polar surface area (TPSA) is 101 Å². The van der Waals surface area contributed by atoms with Gasteiger partial charge >= 0.3 is 0 Å². The Kier molecular flexibility index (Phi) is 6.38. The van der Waals surface area contributed by atoms with Gasteiger partial charge in [0.15, 0.2) is 0 Å². The van der Waals surface area contributed by atoms with Crippen LogP contribution in [0.4, 0.5) is 11.5 Å². The molecule has 7 heteroatoms. The van der Waals surface area contributed by atoms with Gasteiger partial charge in [0, 0.05) is 24.0 Å². The van der Waals surface area contributed by atoms with Crippen LogP contribution in [-0.2, 0) is 4.79 Å². The highest BCUT2D eigenvalue weighted by Gasteiger charge is 2.24. The van der Waals surface area contributed by atoms with Crippen LogP contribution >= 0.6 is 0 Å². The lowest BCUT2D eigenvalue weighted by atomic mass is 9.97. The zero-order chi connectivity index (χ0) is 25.2. The minimum atomic E-state index is -0.270. The van der Waals surface area contributed by atoms with Gasteiger partial charge in [0.2, 0.25) is 5.91 Å². The van der Waals surface area contributed by atoms with Crippen LogP contribution in [0.15, 0.2) is 66.9 Å². The number of fused-ring (bicyclic) bond motifs is 1. The average Bonchev–Trinajstić information content (AvgIpc) is 2.88. The van der Waals surface area contributed by atoms with Crippen LogP contribution in [0.25, 0.3) is 22.2 Å². The minimum absolute atomic E-state index is 0.161. The SMILES string of the molecule is Cc1ccc(-c2cc(C(=O)Nc3ccc(N4CCCC(C(N)=O)C4)nc3)c3ccccc3n2)c(C)c1. The fourth-order valence-electron chi connectivity index (χ4n) is 4.87. The van der Waals surface area contributed by atoms with E-state index >= 15 is 0 Å². The number of carbonyl (C=O) groups excluding carboxylic acids is 2. The molecular formula is C29H29N5O2. The van der Waals surface area contributed by atoms with Crippen LogP contribution in [0.5, 0.6) is 0 Å². The van der Waals surface area contributed by atoms with E-state index in [2.05, 4.69) is 47.2 Å². The molecule has 2 aromatic heterocycles. The Labute approximate surface area is 210 Å². The number of hydrogen-bond acceptors (Lipinski definition) is 5. The van der Waals surface area contributed by atoms with Gasteiger partial charge in [-0.1, -0.05) is 42.0 Å². The maximum Gasteiger partial charge on any atom is 0.256 e. The summed E-state index contributed by atoms with van der Waals surface area (Å²) in [6.07, 6.45) is 3.35. The number of carbonyl (C=O) groups is 2. The smallest absolute Gasteiger partial charge is 0.256 e. The Hall–Kier alpha value is -4.26. The normalized spacial score (nSPS) is 15.6. The van der Waals surface area contributed by atoms with Crippen LogP contribution in [-0.4, -0.2) is 34.9 Å². The highest BCUT2D eigenvalue weighted by molar-refractivity contribution is 6.13. The molecule has 2 amide bonds. The van der Waals surface area contributed by atoms with E-state index in [0.717, 1.165) is 52.9 Å². The van der Waals surface area contributed by atoms with Gasteiger partial charge in [0.25, 0.3) is 5.91 Å². The number of benzene rings is 2. The van der Waals surface area contributed by atoms with Gasteiger partial charge in [-0.25, -0.2) is 9.97 Å². The van der Waals surface area contributed by atoms with Crippen molar-refractivity contribution in [1.29, 1.82) is 0 Å². The number of amides is 2. The predicted octanol–water partition coefficient (Wildman–Crippen LogP) is 4.87. The molecule has 1 aliphatic heterocycles. The molecule has 5 rings (SSSR count). The number of nitrogens with one attached hydrogen (secondary N) is 1. The van der Waals surface area contributed by atoms with Crippen molar-refractivity contribution in [2.75, 3.05) is 23.3 Å². The second-order valence-electron chi connectivity index (χ2n) is 9.44. The number of rotatable bonds is 5. The largest absolute Gasteiger partial charge is 0.369 e. The first-order valence-electron chi connectivity index (χ1n) is 12.2. The molecule has 1 unspecified atom stereocenters. The molecule has 182 valence electrons. The third kappa shape index (κ3) is 4.77. The highest BCUT2D eigenvalue weighted by atomic mass is 16.2. The first-order valence-corrected chi connectivity index (χ1v) is 12.2. The van der Waals surface area contributed by atoms with Gasteiger partial charge in [-0.15, -0.1) is 0 Å². The van der Waals surface area contributed by atoms with Crippen LogP contribution in [0.3, 0.4) is 0 Å². The maximum atomic E-state index is 13.4. The van der Waals surface area contributed by atoms with Crippen LogP contribution in [0, 0.1) is 19.8 Å². The summed E-state index contributed by atoms with van der Waals surface area (Å²) in [6.45, 7) is 5.51. The van der Waals surface area contributed by atoms with Crippen molar-refractivity contribution in [2.45, 2.75) is 26.7 Å². The Bertz CT molecular complexity index is 1450. The van der Waals surface area contributed by atoms with Gasteiger partial charge in [-0.2, -0.15) is 0 Å². The van der Waals surface area contributed by atoms with Crippen molar-refractivity contribution in [1.82, 2.24) is 9.97 Å². The Morgan fingerprint density at radius 3 is 2.64 bits per heavy atom. The van der Waals surface area contributed by atoms with E-state index in [1.807, 2.05) is 42.5 Å². The average molecular weight is 480 g/mol. The number of pyridine rings is 2. The van der Waals surface area contributed by atoms with Gasteiger partial charge < -0.3 is 16.0 Å². The molecule has 3 N–H and O–H groups in total. The first-order chi connectivity index (χ1) is 17.4. The molecule has 2 aromatic carbocycles. The van der Waals surface area contributed by atoms with Crippen molar-refractivity contribution in [3.8, 4) is 11.3 Å². The molecule has 36 heavy (non-hydrogen) atoms. The third-order valence-electron chi connectivity index (χ3n) is 6.77. The molecule has 1 aliphatic rings. The van der Waals surface area contributed by atoms with E-state index in [-0.39, 0.29) is 17.7 Å². The number of nitrogens with two attached hydrogens (primary N) is 1. The Morgan fingerprint density at radius 1 is 1.06 bits per heavy atom. The van der Waals surface area contributed by atoms with E-state index in [9.17, 15) is 9.59 Å². The summed E-state index contributed by atoms with van der Waals surface area (Å²) in [6, 6.07) is 19.5. The summed E-state index contributed by atoms with van der Waals surface area (Å²) in [7, 11) is 0. The van der Waals surface area contributed by atoms with Gasteiger partial charge in [0.1, 0.15) is 5.82 Å². The molecule has 0 bridgehead atoms. The zero-order valence-corrected chi connectivity index (χ0v) is 20.5. The van der Waals surface area contributed by atoms with Crippen LogP contribution in [0.1, 0.15) is 34.3 Å². The molecule has 0 aliphatic carbocycles. The monoisotopic (exact) mass is 479 g/mol. The maximum absolute atomic E-state index is 13.4. The van der Waals surface area contributed by atoms with Gasteiger partial charge in [0.05, 0.1) is 34.6 Å². The summed E-state index contributed by atoms with van der Waals surface area (Å²) < 4.78 is 0. The highest BCUT2D eigenvalue weighted by Crippen LogP contribution is 2.28. The minimum Gasteiger partial charge on any atom is -0.369 e. The Morgan fingerprint density at radius 2 is 1.89 bits per heavy atom. The second-order valence-corrected chi connectivity index (χ2v) is 9.44. The molecule has 1 fully saturated rings. The number of aryl methyl sites for hydroxylation is 2. The second kappa shape index (κ2) is 9.77. The summed E-state index contributed by atoms with van der Waals surface area (Å²) >= 11 is 0. The van der Waals surface area contributed by atoms with E-state index in [1.54, 1.807) is 6.20 Å². The zero-order valence-electron chi connectivity index (χ0n) is 20.5. The lowest BCUT2D eigenvalue weighted by Crippen LogP contribution is -2.41. The van der Waals surface area contributed by atoms with E-state index < -0.39 is 0 Å². The summed E-state index contributed by atoms with van der Waals surface area (Å²) in [5, 5.41) is 3.78. The Balaban J connectivity index is 1.41. The number of nitrogens with zero attached hydrogens (tertiary/aromatic N) is 3. The number of para-hydroxylation sites is 1.